The molecule has 10 atom stereocenters. The summed E-state index contributed by atoms with van der Waals surface area (Å²) in [6, 6.07) is -2.20. The van der Waals surface area contributed by atoms with Crippen molar-refractivity contribution in [3.8, 4) is 0 Å². The zero-order valence-corrected chi connectivity index (χ0v) is 20.6. The highest BCUT2D eigenvalue weighted by Gasteiger charge is 2.55. The minimum Gasteiger partial charge on any atom is -0.479 e. The SMILES string of the molecule is CO[C@@H]1O[C@@H](C(=O)O)[C@@H](O[C@@H]2O[C@H](COS(=O)(=O)O)[C@@H](O)[C@H](O)[C@H]2NS(=O)(=O)O)[C@H](O)[C@H]1OS(=O)(=O)O. The maximum Gasteiger partial charge on any atom is 0.397 e. The summed E-state index contributed by atoms with van der Waals surface area (Å²) >= 11 is 0. The lowest BCUT2D eigenvalue weighted by Crippen LogP contribution is -2.68. The predicted molar refractivity (Wildman–Crippen MR) is 107 cm³/mol. The van der Waals surface area contributed by atoms with Gasteiger partial charge in [-0.1, -0.05) is 0 Å². The Morgan fingerprint density at radius 1 is 0.865 bits per heavy atom. The Morgan fingerprint density at radius 2 is 1.46 bits per heavy atom. The average molecular weight is 610 g/mol. The molecule has 0 spiro atoms. The maximum atomic E-state index is 11.7. The van der Waals surface area contributed by atoms with Gasteiger partial charge >= 0.3 is 37.1 Å². The molecule has 0 saturated carbocycles. The molecule has 0 radical (unpaired) electrons. The minimum atomic E-state index is -5.32. The first kappa shape index (κ1) is 32.0. The minimum absolute atomic E-state index is 0.881. The van der Waals surface area contributed by atoms with Crippen molar-refractivity contribution in [2.75, 3.05) is 13.7 Å². The number of rotatable bonds is 11. The van der Waals surface area contributed by atoms with E-state index in [1.54, 1.807) is 0 Å². The quantitative estimate of drug-likeness (QED) is 0.101. The van der Waals surface area contributed by atoms with Gasteiger partial charge < -0.3 is 39.4 Å². The van der Waals surface area contributed by atoms with E-state index in [-0.39, 0.29) is 0 Å². The summed E-state index contributed by atoms with van der Waals surface area (Å²) in [5.41, 5.74) is 0. The molecular weight excluding hydrogens is 586 g/mol. The highest BCUT2D eigenvalue weighted by Crippen LogP contribution is 2.31. The van der Waals surface area contributed by atoms with Crippen LogP contribution in [0, 0.1) is 0 Å². The largest absolute Gasteiger partial charge is 0.479 e. The number of carbonyl (C=O) groups is 1. The number of aliphatic carboxylic acids is 1. The first-order valence-corrected chi connectivity index (χ1v) is 13.7. The summed E-state index contributed by atoms with van der Waals surface area (Å²) in [7, 11) is -14.8. The fourth-order valence-corrected chi connectivity index (χ4v) is 4.79. The smallest absolute Gasteiger partial charge is 0.397 e. The lowest BCUT2D eigenvalue weighted by molar-refractivity contribution is -0.334. The number of aliphatic hydroxyl groups excluding tert-OH is 3. The second-order valence-electron chi connectivity index (χ2n) is 7.43. The molecule has 8 N–H and O–H groups in total. The molecule has 2 aliphatic rings. The van der Waals surface area contributed by atoms with Gasteiger partial charge in [-0.3, -0.25) is 13.7 Å². The molecule has 0 bridgehead atoms. The van der Waals surface area contributed by atoms with Gasteiger partial charge in [0.25, 0.3) is 0 Å². The lowest BCUT2D eigenvalue weighted by Gasteiger charge is -2.46. The molecule has 0 aromatic rings. The number of carboxylic acid groups (broad SMARTS) is 1. The van der Waals surface area contributed by atoms with E-state index in [0.717, 1.165) is 7.11 Å². The Bertz CT molecular complexity index is 1120. The first-order chi connectivity index (χ1) is 16.7. The summed E-state index contributed by atoms with van der Waals surface area (Å²) in [6.07, 6.45) is -19.8. The van der Waals surface area contributed by atoms with Gasteiger partial charge in [0.1, 0.15) is 36.6 Å². The van der Waals surface area contributed by atoms with E-state index >= 15 is 0 Å². The van der Waals surface area contributed by atoms with Crippen LogP contribution in [0.2, 0.25) is 0 Å². The fourth-order valence-electron chi connectivity index (χ4n) is 3.40. The maximum absolute atomic E-state index is 11.7. The van der Waals surface area contributed by atoms with Crippen molar-refractivity contribution >= 4 is 37.1 Å². The number of carboxylic acids is 1. The Morgan fingerprint density at radius 3 is 1.92 bits per heavy atom. The predicted octanol–water partition coefficient (Wildman–Crippen LogP) is -5.60. The Kier molecular flexibility index (Phi) is 10.3. The van der Waals surface area contributed by atoms with Crippen LogP contribution in [-0.2, 0) is 63.2 Å². The average Bonchev–Trinajstić information content (AvgIpc) is 2.72. The molecule has 0 amide bonds. The molecule has 2 fully saturated rings. The molecule has 21 nitrogen and oxygen atoms in total. The van der Waals surface area contributed by atoms with Crippen molar-refractivity contribution in [1.82, 2.24) is 4.72 Å². The molecule has 2 heterocycles. The van der Waals surface area contributed by atoms with Crippen molar-refractivity contribution in [3.63, 3.8) is 0 Å². The van der Waals surface area contributed by atoms with Gasteiger partial charge in [0, 0.05) is 7.11 Å². The molecule has 2 rings (SSSR count). The summed E-state index contributed by atoms with van der Waals surface area (Å²) in [5, 5.41) is 40.6. The molecule has 218 valence electrons. The van der Waals surface area contributed by atoms with Crippen molar-refractivity contribution < 1.29 is 91.4 Å². The zero-order chi connectivity index (χ0) is 28.5. The van der Waals surface area contributed by atoms with Gasteiger partial charge in [0.15, 0.2) is 24.8 Å². The number of hydrogen-bond acceptors (Lipinski definition) is 16. The lowest BCUT2D eigenvalue weighted by atomic mass is 9.96. The second kappa shape index (κ2) is 11.9. The highest BCUT2D eigenvalue weighted by molar-refractivity contribution is 7.83. The second-order valence-corrected chi connectivity index (χ2v) is 10.8. The number of methoxy groups -OCH3 is 1. The number of ether oxygens (including phenoxy) is 4. The summed E-state index contributed by atoms with van der Waals surface area (Å²) in [4.78, 5) is 11.7. The van der Waals surface area contributed by atoms with E-state index in [1.165, 1.54) is 4.72 Å². The van der Waals surface area contributed by atoms with Crippen LogP contribution in [-0.4, -0.2) is 140 Å². The van der Waals surface area contributed by atoms with Crippen molar-refractivity contribution in [3.05, 3.63) is 0 Å². The topological polar surface area (TPSA) is 329 Å². The molecule has 2 saturated heterocycles. The van der Waals surface area contributed by atoms with E-state index in [2.05, 4.69) is 8.37 Å². The van der Waals surface area contributed by atoms with Gasteiger partial charge in [0.2, 0.25) is 0 Å². The van der Waals surface area contributed by atoms with E-state index in [0.29, 0.717) is 0 Å². The van der Waals surface area contributed by atoms with Crippen LogP contribution in [0.15, 0.2) is 0 Å². The third kappa shape index (κ3) is 8.92. The van der Waals surface area contributed by atoms with Crippen LogP contribution in [0.4, 0.5) is 0 Å². The number of aliphatic hydroxyl groups is 3. The molecule has 24 heteroatoms. The summed E-state index contributed by atoms with van der Waals surface area (Å²) in [5.74, 6) is -1.88. The van der Waals surface area contributed by atoms with E-state index in [9.17, 15) is 50.5 Å². The van der Waals surface area contributed by atoms with Gasteiger partial charge in [-0.05, 0) is 0 Å². The molecule has 0 unspecified atom stereocenters. The van der Waals surface area contributed by atoms with Crippen LogP contribution in [0.1, 0.15) is 0 Å². The van der Waals surface area contributed by atoms with Crippen LogP contribution >= 0.6 is 0 Å². The fraction of sp³-hybridized carbons (Fsp3) is 0.923. The normalized spacial score (nSPS) is 37.8. The highest BCUT2D eigenvalue weighted by atomic mass is 32.3. The van der Waals surface area contributed by atoms with Gasteiger partial charge in [-0.25, -0.2) is 13.2 Å². The molecule has 37 heavy (non-hydrogen) atoms. The van der Waals surface area contributed by atoms with Crippen LogP contribution in [0.25, 0.3) is 0 Å². The molecule has 0 aliphatic carbocycles. The van der Waals surface area contributed by atoms with Crippen molar-refractivity contribution in [2.45, 2.75) is 61.3 Å². The van der Waals surface area contributed by atoms with E-state index in [4.69, 9.17) is 32.6 Å². The van der Waals surface area contributed by atoms with Crippen LogP contribution in [0.5, 0.6) is 0 Å². The van der Waals surface area contributed by atoms with E-state index in [1.807, 2.05) is 0 Å². The van der Waals surface area contributed by atoms with Gasteiger partial charge in [-0.15, -0.1) is 0 Å². The zero-order valence-electron chi connectivity index (χ0n) is 18.1. The van der Waals surface area contributed by atoms with Gasteiger partial charge in [0.05, 0.1) is 6.61 Å². The van der Waals surface area contributed by atoms with Crippen molar-refractivity contribution in [2.24, 2.45) is 0 Å². The summed E-state index contributed by atoms with van der Waals surface area (Å²) < 4.78 is 123. The molecule has 0 aromatic carbocycles. The number of nitrogens with one attached hydrogen (secondary N) is 1. The van der Waals surface area contributed by atoms with Gasteiger partial charge in [-0.2, -0.15) is 30.0 Å². The molecular formula is C13H23NO20S3. The van der Waals surface area contributed by atoms with Crippen LogP contribution in [0.3, 0.4) is 0 Å². The third-order valence-electron chi connectivity index (χ3n) is 4.89. The standard InChI is InChI=1S/C13H23NO20S3/c1-29-13-9(34-37(26,27)28)7(17)8(10(33-13)11(18)19)32-12-4(14-35(20,21)22)6(16)5(15)3(31-12)2-30-36(23,24)25/h3-10,12-17H,2H2,1H3,(H,18,19)(H,20,21,22)(H,23,24,25)(H,26,27,28)/t3-,4-,5-,6-,7+,8+,9-,10-,12+,13-/m1/s1. The molecule has 2 aliphatic heterocycles. The monoisotopic (exact) mass is 609 g/mol. The Labute approximate surface area is 208 Å². The number of hydrogen-bond donors (Lipinski definition) is 8. The van der Waals surface area contributed by atoms with E-state index < -0.39 is 105 Å². The first-order valence-electron chi connectivity index (χ1n) is 9.52. The summed E-state index contributed by atoms with van der Waals surface area (Å²) in [6.45, 7) is -1.22. The molecule has 0 aromatic heterocycles. The Hall–Kier alpha value is -1.20. The van der Waals surface area contributed by atoms with Crippen molar-refractivity contribution in [1.29, 1.82) is 0 Å². The van der Waals surface area contributed by atoms with Crippen LogP contribution < -0.4 is 4.72 Å². The Balaban J connectivity index is 2.45. The third-order valence-corrected chi connectivity index (χ3v) is 6.36.